The second kappa shape index (κ2) is 8.55. The summed E-state index contributed by atoms with van der Waals surface area (Å²) >= 11 is 0. The summed E-state index contributed by atoms with van der Waals surface area (Å²) in [5, 5.41) is 17.1. The molecule has 0 amide bonds. The Morgan fingerprint density at radius 1 is 0.872 bits per heavy atom. The van der Waals surface area contributed by atoms with Gasteiger partial charge in [0.2, 0.25) is 5.69 Å². The lowest BCUT2D eigenvalue weighted by molar-refractivity contribution is -0.659. The van der Waals surface area contributed by atoms with Gasteiger partial charge in [-0.3, -0.25) is 0 Å². The number of ether oxygens (including phenoxy) is 1. The van der Waals surface area contributed by atoms with Crippen LogP contribution < -0.4 is 9.30 Å². The normalized spacial score (nSPS) is 13.0. The van der Waals surface area contributed by atoms with E-state index in [0.717, 1.165) is 28.7 Å². The number of aryl methyl sites for hydroxylation is 3. The first kappa shape index (κ1) is 25.4. The smallest absolute Gasteiger partial charge is 0.228 e. The Morgan fingerprint density at radius 2 is 1.64 bits per heavy atom. The molecule has 4 aromatic carbocycles. The second-order valence-electron chi connectivity index (χ2n) is 13.3. The molecule has 2 heterocycles. The molecule has 0 radical (unpaired) electrons. The van der Waals surface area contributed by atoms with Crippen molar-refractivity contribution in [3.05, 3.63) is 77.0 Å². The largest absolute Gasteiger partial charge is 0.455 e. The summed E-state index contributed by atoms with van der Waals surface area (Å²) in [7, 11) is 2.14. The Bertz CT molecular complexity index is 1880. The van der Waals surface area contributed by atoms with E-state index in [1.54, 1.807) is 0 Å². The fraction of sp³-hybridized carbons (Fsp3) is 0.333. The quantitative estimate of drug-likeness (QED) is 0.175. The Balaban J connectivity index is 1.77. The number of benzene rings is 4. The van der Waals surface area contributed by atoms with Gasteiger partial charge in [-0.1, -0.05) is 62.7 Å². The number of nitrogens with zero attached hydrogens (tertiary/aromatic N) is 2. The van der Waals surface area contributed by atoms with E-state index in [0.29, 0.717) is 6.42 Å². The summed E-state index contributed by atoms with van der Waals surface area (Å²) in [6, 6.07) is 20.2. The van der Waals surface area contributed by atoms with Gasteiger partial charge in [0.1, 0.15) is 18.5 Å². The van der Waals surface area contributed by atoms with E-state index >= 15 is 0 Å². The highest BCUT2D eigenvalue weighted by Crippen LogP contribution is 2.53. The summed E-state index contributed by atoms with van der Waals surface area (Å²) < 4.78 is 9.27. The summed E-state index contributed by atoms with van der Waals surface area (Å²) in [6.45, 7) is 15.4. The van der Waals surface area contributed by atoms with Gasteiger partial charge in [0.25, 0.3) is 0 Å². The minimum absolute atomic E-state index is 0.102. The predicted molar refractivity (Wildman–Crippen MR) is 161 cm³/mol. The average Bonchev–Trinajstić information content (AvgIpc) is 2.87. The van der Waals surface area contributed by atoms with Gasteiger partial charge >= 0.3 is 0 Å². The second-order valence-corrected chi connectivity index (χ2v) is 13.3. The number of nitriles is 1. The highest BCUT2D eigenvalue weighted by Gasteiger charge is 2.35. The summed E-state index contributed by atoms with van der Waals surface area (Å²) in [4.78, 5) is 0. The van der Waals surface area contributed by atoms with Crippen LogP contribution in [0.3, 0.4) is 0 Å². The molecule has 0 aliphatic carbocycles. The number of aromatic nitrogens is 1. The molecular weight excluding hydrogens is 476 g/mol. The molecule has 0 saturated carbocycles. The summed E-state index contributed by atoms with van der Waals surface area (Å²) in [5.74, 6) is 1.91. The monoisotopic (exact) mass is 513 g/mol. The Morgan fingerprint density at radius 3 is 2.36 bits per heavy atom. The fourth-order valence-corrected chi connectivity index (χ4v) is 6.46. The number of rotatable bonds is 3. The first-order valence-electron chi connectivity index (χ1n) is 13.9. The number of hydrogen-bond acceptors (Lipinski definition) is 2. The number of hydrogen-bond donors (Lipinski definition) is 0. The highest BCUT2D eigenvalue weighted by molar-refractivity contribution is 6.17. The molecule has 0 unspecified atom stereocenters. The molecule has 0 saturated heterocycles. The lowest BCUT2D eigenvalue weighted by Gasteiger charge is -2.28. The van der Waals surface area contributed by atoms with Crippen LogP contribution in [0.15, 0.2) is 54.7 Å². The SMILES string of the molecule is Cc1ccc2c(CC(C)(C)C)c3c(c(C)c2c1)-c1c2c(cc4cccc(CC(C)(C)C#N)c4c2cc[n+]1C)O3. The minimum atomic E-state index is -0.447. The molecular formula is C36H37N2O+. The molecule has 1 aliphatic heterocycles. The van der Waals surface area contributed by atoms with Crippen molar-refractivity contribution in [2.45, 2.75) is 61.3 Å². The molecule has 6 rings (SSSR count). The van der Waals surface area contributed by atoms with Crippen molar-refractivity contribution in [3.8, 4) is 28.8 Å². The van der Waals surface area contributed by atoms with Crippen LogP contribution in [0.2, 0.25) is 0 Å². The number of pyridine rings is 1. The van der Waals surface area contributed by atoms with Crippen LogP contribution in [-0.2, 0) is 19.9 Å². The van der Waals surface area contributed by atoms with Crippen LogP contribution in [0.1, 0.15) is 56.9 Å². The summed E-state index contributed by atoms with van der Waals surface area (Å²) in [5.41, 5.74) is 7.07. The van der Waals surface area contributed by atoms with Crippen LogP contribution in [-0.4, -0.2) is 0 Å². The van der Waals surface area contributed by atoms with Crippen LogP contribution >= 0.6 is 0 Å². The van der Waals surface area contributed by atoms with Gasteiger partial charge in [-0.15, -0.1) is 0 Å². The maximum atomic E-state index is 9.79. The van der Waals surface area contributed by atoms with E-state index < -0.39 is 5.41 Å². The zero-order chi connectivity index (χ0) is 27.9. The maximum Gasteiger partial charge on any atom is 0.228 e. The van der Waals surface area contributed by atoms with Gasteiger partial charge in [-0.25, -0.2) is 4.57 Å². The minimum Gasteiger partial charge on any atom is -0.455 e. The molecule has 0 atom stereocenters. The molecule has 0 fully saturated rings. The van der Waals surface area contributed by atoms with E-state index in [-0.39, 0.29) is 5.41 Å². The maximum absolute atomic E-state index is 9.79. The van der Waals surface area contributed by atoms with Gasteiger partial charge in [0, 0.05) is 17.0 Å². The molecule has 39 heavy (non-hydrogen) atoms. The van der Waals surface area contributed by atoms with E-state index in [9.17, 15) is 5.26 Å². The van der Waals surface area contributed by atoms with Crippen molar-refractivity contribution in [1.29, 1.82) is 5.26 Å². The van der Waals surface area contributed by atoms with E-state index in [2.05, 4.69) is 107 Å². The van der Waals surface area contributed by atoms with E-state index in [1.807, 2.05) is 13.8 Å². The molecule has 196 valence electrons. The molecule has 0 bridgehead atoms. The van der Waals surface area contributed by atoms with Gasteiger partial charge < -0.3 is 4.74 Å². The van der Waals surface area contributed by atoms with Gasteiger partial charge in [0.05, 0.1) is 22.4 Å². The topological polar surface area (TPSA) is 36.9 Å². The fourth-order valence-electron chi connectivity index (χ4n) is 6.46. The summed E-state index contributed by atoms with van der Waals surface area (Å²) in [6.07, 6.45) is 3.80. The number of fused-ring (bicyclic) bond motifs is 5. The molecule has 1 aliphatic rings. The van der Waals surface area contributed by atoms with Crippen molar-refractivity contribution in [2.24, 2.45) is 17.9 Å². The molecule has 1 aromatic heterocycles. The van der Waals surface area contributed by atoms with Crippen LogP contribution in [0.25, 0.3) is 43.6 Å². The van der Waals surface area contributed by atoms with Gasteiger partial charge in [-0.2, -0.15) is 5.26 Å². The Labute approximate surface area is 231 Å². The van der Waals surface area contributed by atoms with Crippen molar-refractivity contribution in [2.75, 3.05) is 0 Å². The van der Waals surface area contributed by atoms with Crippen LogP contribution in [0.4, 0.5) is 0 Å². The highest BCUT2D eigenvalue weighted by atomic mass is 16.5. The Hall–Kier alpha value is -3.90. The lowest BCUT2D eigenvalue weighted by Crippen LogP contribution is -2.32. The van der Waals surface area contributed by atoms with Crippen molar-refractivity contribution in [3.63, 3.8) is 0 Å². The van der Waals surface area contributed by atoms with Crippen molar-refractivity contribution >= 4 is 32.3 Å². The average molecular weight is 514 g/mol. The molecule has 5 aromatic rings. The van der Waals surface area contributed by atoms with Gasteiger partial charge in [-0.05, 0) is 84.7 Å². The van der Waals surface area contributed by atoms with E-state index in [4.69, 9.17) is 4.74 Å². The third-order valence-corrected chi connectivity index (χ3v) is 8.18. The molecule has 0 N–H and O–H groups in total. The molecule has 3 nitrogen and oxygen atoms in total. The van der Waals surface area contributed by atoms with Crippen LogP contribution in [0.5, 0.6) is 11.5 Å². The Kier molecular flexibility index (Phi) is 5.57. The van der Waals surface area contributed by atoms with Gasteiger partial charge in [0.15, 0.2) is 6.20 Å². The predicted octanol–water partition coefficient (Wildman–Crippen LogP) is 9.04. The first-order valence-corrected chi connectivity index (χ1v) is 13.9. The zero-order valence-corrected chi connectivity index (χ0v) is 24.4. The molecule has 0 spiro atoms. The standard InChI is InChI=1S/C36H37N2O/c1-21-12-13-25-27(16-21)22(2)30-33-32-26(14-15-38(33)8)31-23(10-9-11-24(31)18-36(6,7)20-37)17-29(32)39-34(30)28(25)19-35(3,4)5/h9-17H,18-19H2,1-8H3/q+1. The van der Waals surface area contributed by atoms with Crippen LogP contribution in [0, 0.1) is 36.0 Å². The van der Waals surface area contributed by atoms with Crippen molar-refractivity contribution < 1.29 is 9.30 Å². The third-order valence-electron chi connectivity index (χ3n) is 8.18. The van der Waals surface area contributed by atoms with Crippen molar-refractivity contribution in [1.82, 2.24) is 0 Å². The lowest BCUT2D eigenvalue weighted by atomic mass is 9.81. The van der Waals surface area contributed by atoms with E-state index in [1.165, 1.54) is 55.1 Å². The third kappa shape index (κ3) is 4.05. The first-order chi connectivity index (χ1) is 18.4. The molecule has 3 heteroatoms. The zero-order valence-electron chi connectivity index (χ0n) is 24.4.